The molecule has 0 bridgehead atoms. The van der Waals surface area contributed by atoms with Crippen molar-refractivity contribution in [2.24, 2.45) is 0 Å². The van der Waals surface area contributed by atoms with E-state index in [0.717, 1.165) is 16.7 Å². The van der Waals surface area contributed by atoms with Crippen molar-refractivity contribution in [1.82, 2.24) is 0 Å². The number of ether oxygens (including phenoxy) is 1. The maximum Gasteiger partial charge on any atom is 0.330 e. The summed E-state index contributed by atoms with van der Waals surface area (Å²) in [6.07, 6.45) is 3.05. The molecule has 0 atom stereocenters. The first kappa shape index (κ1) is 15.5. The summed E-state index contributed by atoms with van der Waals surface area (Å²) in [5, 5.41) is 0. The molecule has 22 heavy (non-hydrogen) atoms. The van der Waals surface area contributed by atoms with Crippen LogP contribution in [0.3, 0.4) is 0 Å². The quantitative estimate of drug-likeness (QED) is 0.489. The molecule has 0 N–H and O–H groups in total. The summed E-state index contributed by atoms with van der Waals surface area (Å²) in [7, 11) is 0. The van der Waals surface area contributed by atoms with Crippen molar-refractivity contribution in [3.05, 3.63) is 77.1 Å². The summed E-state index contributed by atoms with van der Waals surface area (Å²) in [4.78, 5) is 11.4. The van der Waals surface area contributed by atoms with Gasteiger partial charge in [0.15, 0.2) is 0 Å². The molecule has 110 valence electrons. The Labute approximate surface area is 129 Å². The van der Waals surface area contributed by atoms with Crippen LogP contribution < -0.4 is 0 Å². The highest BCUT2D eigenvalue weighted by Gasteiger charge is 1.98. The topological polar surface area (TPSA) is 26.3 Å². The third kappa shape index (κ3) is 4.60. The van der Waals surface area contributed by atoms with Crippen LogP contribution in [-0.2, 0) is 9.53 Å². The lowest BCUT2D eigenvalue weighted by molar-refractivity contribution is -0.137. The fourth-order valence-corrected chi connectivity index (χ4v) is 1.78. The highest BCUT2D eigenvalue weighted by atomic mass is 19.1. The molecule has 0 unspecified atom stereocenters. The minimum Gasteiger partial charge on any atom is -0.463 e. The van der Waals surface area contributed by atoms with Crippen LogP contribution in [0.1, 0.15) is 23.6 Å². The first-order valence-corrected chi connectivity index (χ1v) is 6.90. The number of halogens is 1. The molecule has 0 aliphatic heterocycles. The van der Waals surface area contributed by atoms with Crippen molar-refractivity contribution in [2.45, 2.75) is 6.92 Å². The van der Waals surface area contributed by atoms with Crippen molar-refractivity contribution in [2.75, 3.05) is 6.61 Å². The molecule has 0 heterocycles. The first-order valence-electron chi connectivity index (χ1n) is 6.90. The zero-order valence-corrected chi connectivity index (χ0v) is 12.2. The van der Waals surface area contributed by atoms with E-state index in [2.05, 4.69) is 11.8 Å². The Kier molecular flexibility index (Phi) is 5.50. The highest BCUT2D eigenvalue weighted by Crippen LogP contribution is 2.10. The summed E-state index contributed by atoms with van der Waals surface area (Å²) < 4.78 is 17.7. The van der Waals surface area contributed by atoms with Crippen LogP contribution in [0.5, 0.6) is 0 Å². The number of hydrogen-bond acceptors (Lipinski definition) is 2. The SMILES string of the molecule is CCOC(=O)/C=C/c1ccccc1C#Cc1ccc(F)cc1. The van der Waals surface area contributed by atoms with Gasteiger partial charge in [0.2, 0.25) is 0 Å². The van der Waals surface area contributed by atoms with E-state index in [1.807, 2.05) is 24.3 Å². The zero-order chi connectivity index (χ0) is 15.8. The molecule has 0 aromatic heterocycles. The number of carbonyl (C=O) groups is 1. The van der Waals surface area contributed by atoms with E-state index in [0.29, 0.717) is 6.61 Å². The molecule has 0 fully saturated rings. The van der Waals surface area contributed by atoms with Gasteiger partial charge in [0.1, 0.15) is 5.82 Å². The molecule has 0 spiro atoms. The van der Waals surface area contributed by atoms with Crippen molar-refractivity contribution >= 4 is 12.0 Å². The number of carbonyl (C=O) groups excluding carboxylic acids is 1. The minimum absolute atomic E-state index is 0.289. The van der Waals surface area contributed by atoms with Crippen molar-refractivity contribution in [3.8, 4) is 11.8 Å². The Bertz CT molecular complexity index is 734. The lowest BCUT2D eigenvalue weighted by Crippen LogP contribution is -1.98. The Morgan fingerprint density at radius 3 is 2.59 bits per heavy atom. The lowest BCUT2D eigenvalue weighted by atomic mass is 10.1. The van der Waals surface area contributed by atoms with E-state index in [-0.39, 0.29) is 11.8 Å². The molecule has 0 amide bonds. The molecule has 0 saturated heterocycles. The minimum atomic E-state index is -0.385. The Balaban J connectivity index is 2.22. The second-order valence-corrected chi connectivity index (χ2v) is 4.43. The van der Waals surface area contributed by atoms with Gasteiger partial charge in [-0.05, 0) is 48.9 Å². The van der Waals surface area contributed by atoms with Crippen LogP contribution >= 0.6 is 0 Å². The summed E-state index contributed by atoms with van der Waals surface area (Å²) in [6, 6.07) is 13.5. The molecule has 2 nitrogen and oxygen atoms in total. The molecule has 0 radical (unpaired) electrons. The molecule has 0 saturated carbocycles. The summed E-state index contributed by atoms with van der Waals surface area (Å²) in [6.45, 7) is 2.10. The van der Waals surface area contributed by atoms with E-state index in [1.165, 1.54) is 18.2 Å². The number of benzene rings is 2. The van der Waals surface area contributed by atoms with Crippen molar-refractivity contribution in [1.29, 1.82) is 0 Å². The van der Waals surface area contributed by atoms with Gasteiger partial charge in [-0.3, -0.25) is 0 Å². The van der Waals surface area contributed by atoms with Crippen LogP contribution in [0.2, 0.25) is 0 Å². The van der Waals surface area contributed by atoms with Gasteiger partial charge in [0.05, 0.1) is 6.61 Å². The van der Waals surface area contributed by atoms with E-state index < -0.39 is 0 Å². The van der Waals surface area contributed by atoms with E-state index >= 15 is 0 Å². The van der Waals surface area contributed by atoms with Crippen molar-refractivity contribution in [3.63, 3.8) is 0 Å². The highest BCUT2D eigenvalue weighted by molar-refractivity contribution is 5.87. The normalized spacial score (nSPS) is 10.1. The van der Waals surface area contributed by atoms with Gasteiger partial charge in [-0.25, -0.2) is 9.18 Å². The van der Waals surface area contributed by atoms with Gasteiger partial charge in [0.25, 0.3) is 0 Å². The number of hydrogen-bond donors (Lipinski definition) is 0. The summed E-state index contributed by atoms with van der Waals surface area (Å²) in [5.41, 5.74) is 2.34. The van der Waals surface area contributed by atoms with Gasteiger partial charge < -0.3 is 4.74 Å². The molecular weight excluding hydrogens is 279 g/mol. The number of esters is 1. The van der Waals surface area contributed by atoms with Crippen LogP contribution in [0, 0.1) is 17.7 Å². The molecule has 2 aromatic rings. The maximum atomic E-state index is 12.9. The summed E-state index contributed by atoms with van der Waals surface area (Å²) in [5.74, 6) is 5.33. The number of rotatable bonds is 3. The van der Waals surface area contributed by atoms with Gasteiger partial charge in [0, 0.05) is 17.2 Å². The zero-order valence-electron chi connectivity index (χ0n) is 12.2. The fraction of sp³-hybridized carbons (Fsp3) is 0.105. The third-order valence-electron chi connectivity index (χ3n) is 2.83. The predicted molar refractivity (Wildman–Crippen MR) is 84.5 cm³/mol. The molecule has 2 rings (SSSR count). The maximum absolute atomic E-state index is 12.9. The van der Waals surface area contributed by atoms with Gasteiger partial charge in [-0.1, -0.05) is 30.0 Å². The van der Waals surface area contributed by atoms with Gasteiger partial charge in [-0.15, -0.1) is 0 Å². The van der Waals surface area contributed by atoms with Crippen LogP contribution in [0.4, 0.5) is 4.39 Å². The predicted octanol–water partition coefficient (Wildman–Crippen LogP) is 3.80. The monoisotopic (exact) mass is 294 g/mol. The molecule has 0 aliphatic rings. The summed E-state index contributed by atoms with van der Waals surface area (Å²) >= 11 is 0. The van der Waals surface area contributed by atoms with Gasteiger partial charge in [-0.2, -0.15) is 0 Å². The Morgan fingerprint density at radius 1 is 1.14 bits per heavy atom. The van der Waals surface area contributed by atoms with Crippen molar-refractivity contribution < 1.29 is 13.9 Å². The second-order valence-electron chi connectivity index (χ2n) is 4.43. The standard InChI is InChI=1S/C19H15FO2/c1-2-22-19(21)14-11-17-6-4-3-5-16(17)10-7-15-8-12-18(20)13-9-15/h3-6,8-9,11-14H,2H2,1H3/b14-11+. The third-order valence-corrected chi connectivity index (χ3v) is 2.83. The Hall–Kier alpha value is -2.86. The second kappa shape index (κ2) is 7.80. The van der Waals surface area contributed by atoms with Crippen LogP contribution in [-0.4, -0.2) is 12.6 Å². The van der Waals surface area contributed by atoms with E-state index in [4.69, 9.17) is 4.74 Å². The van der Waals surface area contributed by atoms with E-state index in [9.17, 15) is 9.18 Å². The average Bonchev–Trinajstić information content (AvgIpc) is 2.53. The smallest absolute Gasteiger partial charge is 0.330 e. The Morgan fingerprint density at radius 2 is 1.86 bits per heavy atom. The molecule has 3 heteroatoms. The van der Waals surface area contributed by atoms with Crippen LogP contribution in [0.15, 0.2) is 54.6 Å². The molecule has 2 aromatic carbocycles. The fourth-order valence-electron chi connectivity index (χ4n) is 1.78. The van der Waals surface area contributed by atoms with Crippen LogP contribution in [0.25, 0.3) is 6.08 Å². The lowest BCUT2D eigenvalue weighted by Gasteiger charge is -1.99. The largest absolute Gasteiger partial charge is 0.463 e. The van der Waals surface area contributed by atoms with Gasteiger partial charge >= 0.3 is 5.97 Å². The average molecular weight is 294 g/mol. The van der Waals surface area contributed by atoms with E-state index in [1.54, 1.807) is 25.1 Å². The molecular formula is C19H15FO2. The first-order chi connectivity index (χ1) is 10.7. The molecule has 0 aliphatic carbocycles.